The number of benzene rings is 1. The molecule has 1 amide bonds. The van der Waals surface area contributed by atoms with Gasteiger partial charge < -0.3 is 19.5 Å². The van der Waals surface area contributed by atoms with Crippen LogP contribution < -0.4 is 14.8 Å². The lowest BCUT2D eigenvalue weighted by molar-refractivity contribution is -0.150. The quantitative estimate of drug-likeness (QED) is 0.604. The van der Waals surface area contributed by atoms with Gasteiger partial charge in [0.05, 0.1) is 5.69 Å². The fourth-order valence-corrected chi connectivity index (χ4v) is 2.83. The highest BCUT2D eigenvalue weighted by molar-refractivity contribution is 5.90. The van der Waals surface area contributed by atoms with Gasteiger partial charge >= 0.3 is 5.97 Å². The number of esters is 1. The second-order valence-electron chi connectivity index (χ2n) is 6.53. The third kappa shape index (κ3) is 4.33. The largest absolute Gasteiger partial charge is 0.454 e. The lowest BCUT2D eigenvalue weighted by Crippen LogP contribution is -2.35. The molecule has 8 nitrogen and oxygen atoms in total. The molecule has 2 heterocycles. The number of carbonyl (C=O) groups excluding carboxylic acids is 2. The first-order valence-electron chi connectivity index (χ1n) is 8.90. The molecular weight excluding hydrogens is 362 g/mol. The number of nitrogens with zero attached hydrogens (tertiary/aromatic N) is 2. The summed E-state index contributed by atoms with van der Waals surface area (Å²) in [5.41, 5.74) is 3.48. The normalized spacial score (nSPS) is 13.6. The first-order chi connectivity index (χ1) is 13.3. The second kappa shape index (κ2) is 8.16. The number of aryl methyl sites for hydroxylation is 2. The Morgan fingerprint density at radius 1 is 1.32 bits per heavy atom. The minimum Gasteiger partial charge on any atom is -0.454 e. The van der Waals surface area contributed by atoms with Gasteiger partial charge in [0.1, 0.15) is 0 Å². The maximum Gasteiger partial charge on any atom is 0.331 e. The number of aromatic nitrogens is 2. The van der Waals surface area contributed by atoms with Crippen LogP contribution >= 0.6 is 0 Å². The molecule has 0 aliphatic carbocycles. The van der Waals surface area contributed by atoms with E-state index >= 15 is 0 Å². The van der Waals surface area contributed by atoms with Gasteiger partial charge in [-0.2, -0.15) is 5.10 Å². The van der Waals surface area contributed by atoms with Crippen LogP contribution in [0, 0.1) is 13.8 Å². The zero-order valence-electron chi connectivity index (χ0n) is 16.3. The first kappa shape index (κ1) is 19.5. The second-order valence-corrected chi connectivity index (χ2v) is 6.53. The van der Waals surface area contributed by atoms with Crippen molar-refractivity contribution in [3.8, 4) is 11.5 Å². The highest BCUT2D eigenvalue weighted by Crippen LogP contribution is 2.32. The van der Waals surface area contributed by atoms with E-state index in [9.17, 15) is 9.59 Å². The molecule has 3 rings (SSSR count). The molecule has 1 aliphatic rings. The summed E-state index contributed by atoms with van der Waals surface area (Å²) in [6.45, 7) is 5.80. The van der Waals surface area contributed by atoms with E-state index < -0.39 is 12.1 Å². The van der Waals surface area contributed by atoms with Crippen LogP contribution in [0.3, 0.4) is 0 Å². The molecule has 0 saturated heterocycles. The summed E-state index contributed by atoms with van der Waals surface area (Å²) in [6, 6.07) is 5.44. The topological polar surface area (TPSA) is 91.7 Å². The fraction of sp³-hybridized carbons (Fsp3) is 0.350. The van der Waals surface area contributed by atoms with Crippen molar-refractivity contribution in [3.05, 3.63) is 46.8 Å². The van der Waals surface area contributed by atoms with E-state index in [1.165, 1.54) is 13.0 Å². The predicted octanol–water partition coefficient (Wildman–Crippen LogP) is 2.03. The molecule has 28 heavy (non-hydrogen) atoms. The molecule has 0 bridgehead atoms. The van der Waals surface area contributed by atoms with Crippen LogP contribution in [0.15, 0.2) is 24.3 Å². The zero-order chi connectivity index (χ0) is 20.3. The SMILES string of the molecule is Cc1nn(C)c(C)c1/C=C/C(=O)O[C@@H](C)C(=O)NCc1ccc2c(c1)OCO2. The Balaban J connectivity index is 1.50. The highest BCUT2D eigenvalue weighted by Gasteiger charge is 2.18. The Bertz CT molecular complexity index is 932. The summed E-state index contributed by atoms with van der Waals surface area (Å²) in [5, 5.41) is 7.03. The Morgan fingerprint density at radius 3 is 2.79 bits per heavy atom. The van der Waals surface area contributed by atoms with Crippen LogP contribution in [-0.2, 0) is 27.9 Å². The Morgan fingerprint density at radius 2 is 2.07 bits per heavy atom. The molecule has 1 aromatic heterocycles. The monoisotopic (exact) mass is 385 g/mol. The summed E-state index contributed by atoms with van der Waals surface area (Å²) in [4.78, 5) is 24.2. The summed E-state index contributed by atoms with van der Waals surface area (Å²) in [6.07, 6.45) is 2.04. The van der Waals surface area contributed by atoms with Crippen molar-refractivity contribution in [2.75, 3.05) is 6.79 Å². The number of fused-ring (bicyclic) bond motifs is 1. The minimum atomic E-state index is -0.915. The summed E-state index contributed by atoms with van der Waals surface area (Å²) in [5.74, 6) is 0.363. The van der Waals surface area contributed by atoms with Crippen LogP contribution in [0.4, 0.5) is 0 Å². The van der Waals surface area contributed by atoms with Gasteiger partial charge in [0.25, 0.3) is 5.91 Å². The molecular formula is C20H23N3O5. The maximum absolute atomic E-state index is 12.2. The predicted molar refractivity (Wildman–Crippen MR) is 102 cm³/mol. The smallest absolute Gasteiger partial charge is 0.331 e. The molecule has 8 heteroatoms. The molecule has 148 valence electrons. The molecule has 0 saturated carbocycles. The van der Waals surface area contributed by atoms with Crippen molar-refractivity contribution < 1.29 is 23.8 Å². The van der Waals surface area contributed by atoms with Crippen LogP contribution in [0.5, 0.6) is 11.5 Å². The number of amides is 1. The molecule has 0 radical (unpaired) electrons. The molecule has 1 N–H and O–H groups in total. The molecule has 0 spiro atoms. The lowest BCUT2D eigenvalue weighted by atomic mass is 10.2. The van der Waals surface area contributed by atoms with E-state index in [1.807, 2.05) is 27.0 Å². The van der Waals surface area contributed by atoms with E-state index in [-0.39, 0.29) is 12.7 Å². The van der Waals surface area contributed by atoms with Crippen molar-refractivity contribution in [2.24, 2.45) is 7.05 Å². The van der Waals surface area contributed by atoms with Gasteiger partial charge in [-0.25, -0.2) is 4.79 Å². The average molecular weight is 385 g/mol. The Kier molecular flexibility index (Phi) is 5.67. The third-order valence-electron chi connectivity index (χ3n) is 4.52. The van der Waals surface area contributed by atoms with E-state index in [2.05, 4.69) is 10.4 Å². The van der Waals surface area contributed by atoms with E-state index in [4.69, 9.17) is 14.2 Å². The average Bonchev–Trinajstić information content (AvgIpc) is 3.22. The number of hydrogen-bond acceptors (Lipinski definition) is 6. The van der Waals surface area contributed by atoms with Gasteiger partial charge in [0.2, 0.25) is 6.79 Å². The summed E-state index contributed by atoms with van der Waals surface area (Å²) >= 11 is 0. The molecule has 1 atom stereocenters. The van der Waals surface area contributed by atoms with Crippen molar-refractivity contribution in [3.63, 3.8) is 0 Å². The van der Waals surface area contributed by atoms with Gasteiger partial charge in [-0.1, -0.05) is 6.07 Å². The van der Waals surface area contributed by atoms with Crippen molar-refractivity contribution in [2.45, 2.75) is 33.4 Å². The number of ether oxygens (including phenoxy) is 3. The van der Waals surface area contributed by atoms with Crippen molar-refractivity contribution >= 4 is 18.0 Å². The molecule has 0 unspecified atom stereocenters. The zero-order valence-corrected chi connectivity index (χ0v) is 16.3. The van der Waals surface area contributed by atoms with Gasteiger partial charge in [-0.3, -0.25) is 9.48 Å². The van der Waals surface area contributed by atoms with Crippen LogP contribution in [-0.4, -0.2) is 34.6 Å². The summed E-state index contributed by atoms with van der Waals surface area (Å²) in [7, 11) is 1.84. The number of nitrogens with one attached hydrogen (secondary N) is 1. The van der Waals surface area contributed by atoms with Gasteiger partial charge in [-0.15, -0.1) is 0 Å². The molecule has 2 aromatic rings. The molecule has 0 fully saturated rings. The highest BCUT2D eigenvalue weighted by atomic mass is 16.7. The van der Waals surface area contributed by atoms with E-state index in [1.54, 1.807) is 22.9 Å². The molecule has 1 aliphatic heterocycles. The fourth-order valence-electron chi connectivity index (χ4n) is 2.83. The van der Waals surface area contributed by atoms with Crippen molar-refractivity contribution in [1.29, 1.82) is 0 Å². The minimum absolute atomic E-state index is 0.198. The van der Waals surface area contributed by atoms with E-state index in [0.717, 1.165) is 22.5 Å². The Labute approximate surface area is 163 Å². The molecule has 1 aromatic carbocycles. The standard InChI is InChI=1S/C20H23N3O5/c1-12-16(13(2)23(4)22-12)6-8-19(24)28-14(3)20(25)21-10-15-5-7-17-18(9-15)27-11-26-17/h5-9,14H,10-11H2,1-4H3,(H,21,25)/b8-6+/t14-/m0/s1. The van der Waals surface area contributed by atoms with E-state index in [0.29, 0.717) is 18.0 Å². The van der Waals surface area contributed by atoms with Crippen LogP contribution in [0.1, 0.15) is 29.4 Å². The van der Waals surface area contributed by atoms with Gasteiger partial charge in [0, 0.05) is 30.9 Å². The van der Waals surface area contributed by atoms with Crippen LogP contribution in [0.2, 0.25) is 0 Å². The number of rotatable bonds is 6. The number of carbonyl (C=O) groups is 2. The first-order valence-corrected chi connectivity index (χ1v) is 8.90. The third-order valence-corrected chi connectivity index (χ3v) is 4.52. The lowest BCUT2D eigenvalue weighted by Gasteiger charge is -2.12. The Hall–Kier alpha value is -3.29. The van der Waals surface area contributed by atoms with Crippen molar-refractivity contribution in [1.82, 2.24) is 15.1 Å². The summed E-state index contributed by atoms with van der Waals surface area (Å²) < 4.78 is 17.5. The van der Waals surface area contributed by atoms with Crippen LogP contribution in [0.25, 0.3) is 6.08 Å². The number of hydrogen-bond donors (Lipinski definition) is 1. The van der Waals surface area contributed by atoms with Gasteiger partial charge in [-0.05, 0) is 44.5 Å². The maximum atomic E-state index is 12.2. The van der Waals surface area contributed by atoms with Gasteiger partial charge in [0.15, 0.2) is 17.6 Å².